The summed E-state index contributed by atoms with van der Waals surface area (Å²) < 4.78 is 3.76. The first-order chi connectivity index (χ1) is 17.2. The number of hydrogen-bond donors (Lipinski definition) is 2. The van der Waals surface area contributed by atoms with Gasteiger partial charge in [0.05, 0.1) is 17.4 Å². The number of rotatable bonds is 8. The molecular formula is C26H30N6O4. The van der Waals surface area contributed by atoms with Gasteiger partial charge in [0, 0.05) is 17.6 Å². The molecular weight excluding hydrogens is 460 g/mol. The fourth-order valence-electron chi connectivity index (χ4n) is 3.97. The fraction of sp³-hybridized carbons (Fsp3) is 0.346. The Bertz CT molecular complexity index is 1550. The third kappa shape index (κ3) is 4.93. The molecule has 2 N–H and O–H groups in total. The highest BCUT2D eigenvalue weighted by atomic mass is 16.2. The van der Waals surface area contributed by atoms with Crippen LogP contribution in [0.2, 0.25) is 0 Å². The van der Waals surface area contributed by atoms with E-state index in [9.17, 15) is 19.2 Å². The summed E-state index contributed by atoms with van der Waals surface area (Å²) in [5, 5.41) is 10.3. The standard InChI is InChI=1S/C26H30N6O4/c1-5-17(4)28-22(33)15-31-26(36)32-21-13-19(23(34)27-16(2)3)11-12-20(21)24(35)30(25(32)29-31)14-18-9-7-6-8-10-18/h6-13,16-17H,5,14-15H2,1-4H3,(H,27,34)(H,28,33). The second-order valence-corrected chi connectivity index (χ2v) is 9.19. The lowest BCUT2D eigenvalue weighted by Crippen LogP contribution is -2.37. The van der Waals surface area contributed by atoms with E-state index >= 15 is 0 Å². The summed E-state index contributed by atoms with van der Waals surface area (Å²) in [5.41, 5.74) is 0.502. The molecule has 0 aliphatic heterocycles. The summed E-state index contributed by atoms with van der Waals surface area (Å²) in [6.07, 6.45) is 0.744. The van der Waals surface area contributed by atoms with Gasteiger partial charge in [0.2, 0.25) is 11.7 Å². The van der Waals surface area contributed by atoms with Gasteiger partial charge in [-0.05, 0) is 51.0 Å². The number of nitrogens with one attached hydrogen (secondary N) is 2. The minimum Gasteiger partial charge on any atom is -0.352 e. The maximum absolute atomic E-state index is 13.6. The van der Waals surface area contributed by atoms with E-state index in [1.54, 1.807) is 12.1 Å². The van der Waals surface area contributed by atoms with E-state index in [0.717, 1.165) is 16.7 Å². The van der Waals surface area contributed by atoms with Gasteiger partial charge in [0.1, 0.15) is 6.54 Å². The van der Waals surface area contributed by atoms with Crippen LogP contribution in [-0.2, 0) is 17.9 Å². The molecule has 0 aliphatic rings. The van der Waals surface area contributed by atoms with E-state index in [4.69, 9.17) is 0 Å². The highest BCUT2D eigenvalue weighted by Crippen LogP contribution is 2.15. The summed E-state index contributed by atoms with van der Waals surface area (Å²) in [6, 6.07) is 13.9. The molecule has 4 rings (SSSR count). The van der Waals surface area contributed by atoms with Crippen molar-refractivity contribution in [3.63, 3.8) is 0 Å². The average molecular weight is 491 g/mol. The number of hydrogen-bond acceptors (Lipinski definition) is 5. The van der Waals surface area contributed by atoms with Crippen molar-refractivity contribution in [2.45, 2.75) is 59.3 Å². The number of carbonyl (C=O) groups is 2. The lowest BCUT2D eigenvalue weighted by Gasteiger charge is -2.12. The largest absolute Gasteiger partial charge is 0.352 e. The molecule has 0 aliphatic carbocycles. The topological polar surface area (TPSA) is 120 Å². The summed E-state index contributed by atoms with van der Waals surface area (Å²) in [7, 11) is 0. The number of carbonyl (C=O) groups excluding carboxylic acids is 2. The molecule has 1 unspecified atom stereocenters. The Kier molecular flexibility index (Phi) is 7.05. The molecule has 1 atom stereocenters. The van der Waals surface area contributed by atoms with Crippen LogP contribution >= 0.6 is 0 Å². The van der Waals surface area contributed by atoms with E-state index < -0.39 is 5.69 Å². The van der Waals surface area contributed by atoms with Gasteiger partial charge < -0.3 is 10.6 Å². The molecule has 2 aromatic carbocycles. The Morgan fingerprint density at radius 3 is 2.39 bits per heavy atom. The number of fused-ring (bicyclic) bond motifs is 3. The maximum atomic E-state index is 13.6. The third-order valence-electron chi connectivity index (χ3n) is 5.96. The lowest BCUT2D eigenvalue weighted by atomic mass is 10.1. The fourth-order valence-corrected chi connectivity index (χ4v) is 3.97. The second kappa shape index (κ2) is 10.2. The summed E-state index contributed by atoms with van der Waals surface area (Å²) in [5.74, 6) is -0.575. The molecule has 4 aromatic rings. The van der Waals surface area contributed by atoms with E-state index in [1.807, 2.05) is 58.0 Å². The van der Waals surface area contributed by atoms with E-state index in [2.05, 4.69) is 15.7 Å². The molecule has 0 saturated heterocycles. The van der Waals surface area contributed by atoms with Crippen molar-refractivity contribution in [2.75, 3.05) is 0 Å². The van der Waals surface area contributed by atoms with Gasteiger partial charge in [-0.2, -0.15) is 0 Å². The molecule has 0 bridgehead atoms. The van der Waals surface area contributed by atoms with E-state index in [-0.39, 0.29) is 59.2 Å². The van der Waals surface area contributed by atoms with Gasteiger partial charge >= 0.3 is 5.69 Å². The average Bonchev–Trinajstić information content (AvgIpc) is 3.17. The van der Waals surface area contributed by atoms with Gasteiger partial charge in [0.25, 0.3) is 11.5 Å². The molecule has 2 amide bonds. The summed E-state index contributed by atoms with van der Waals surface area (Å²) >= 11 is 0. The number of benzene rings is 2. The number of amides is 2. The van der Waals surface area contributed by atoms with Gasteiger partial charge in [-0.3, -0.25) is 19.0 Å². The normalized spacial score (nSPS) is 12.2. The first kappa shape index (κ1) is 24.9. The Hall–Kier alpha value is -4.21. The molecule has 36 heavy (non-hydrogen) atoms. The van der Waals surface area contributed by atoms with Crippen LogP contribution in [0.5, 0.6) is 0 Å². The zero-order chi connectivity index (χ0) is 26.0. The molecule has 0 radical (unpaired) electrons. The molecule has 188 valence electrons. The van der Waals surface area contributed by atoms with Crippen molar-refractivity contribution in [1.29, 1.82) is 0 Å². The minimum absolute atomic E-state index is 0.0515. The minimum atomic E-state index is -0.572. The monoisotopic (exact) mass is 490 g/mol. The molecule has 0 fully saturated rings. The Morgan fingerprint density at radius 1 is 1.00 bits per heavy atom. The van der Waals surface area contributed by atoms with Gasteiger partial charge in [0.15, 0.2) is 0 Å². The van der Waals surface area contributed by atoms with Crippen molar-refractivity contribution in [3.05, 3.63) is 80.5 Å². The highest BCUT2D eigenvalue weighted by Gasteiger charge is 2.20. The summed E-state index contributed by atoms with van der Waals surface area (Å²) in [6.45, 7) is 7.41. The maximum Gasteiger partial charge on any atom is 0.352 e. The first-order valence-corrected chi connectivity index (χ1v) is 12.0. The SMILES string of the molecule is CCC(C)NC(=O)Cn1nc2n(Cc3ccccc3)c(=O)c3ccc(C(=O)NC(C)C)cc3n2c1=O. The van der Waals surface area contributed by atoms with E-state index in [0.29, 0.717) is 5.56 Å². The zero-order valence-corrected chi connectivity index (χ0v) is 20.8. The molecule has 10 heteroatoms. The smallest absolute Gasteiger partial charge is 0.352 e. The van der Waals surface area contributed by atoms with Crippen molar-refractivity contribution in [3.8, 4) is 0 Å². The third-order valence-corrected chi connectivity index (χ3v) is 5.96. The molecule has 2 aromatic heterocycles. The van der Waals surface area contributed by atoms with Gasteiger partial charge in [-0.1, -0.05) is 37.3 Å². The Morgan fingerprint density at radius 2 is 1.72 bits per heavy atom. The Balaban J connectivity index is 1.93. The zero-order valence-electron chi connectivity index (χ0n) is 20.8. The van der Waals surface area contributed by atoms with Crippen LogP contribution in [0.4, 0.5) is 0 Å². The van der Waals surface area contributed by atoms with Crippen molar-refractivity contribution in [1.82, 2.24) is 29.4 Å². The van der Waals surface area contributed by atoms with Crippen molar-refractivity contribution < 1.29 is 9.59 Å². The van der Waals surface area contributed by atoms with Crippen LogP contribution < -0.4 is 21.9 Å². The molecule has 2 heterocycles. The van der Waals surface area contributed by atoms with Crippen LogP contribution in [0.25, 0.3) is 16.7 Å². The van der Waals surface area contributed by atoms with Gasteiger partial charge in [-0.25, -0.2) is 13.9 Å². The van der Waals surface area contributed by atoms with Crippen LogP contribution in [0.15, 0.2) is 58.1 Å². The predicted octanol–water partition coefficient (Wildman–Crippen LogP) is 1.91. The summed E-state index contributed by atoms with van der Waals surface area (Å²) in [4.78, 5) is 52.2. The predicted molar refractivity (Wildman–Crippen MR) is 137 cm³/mol. The van der Waals surface area contributed by atoms with Crippen LogP contribution in [-0.4, -0.2) is 42.6 Å². The molecule has 0 saturated carbocycles. The van der Waals surface area contributed by atoms with Crippen LogP contribution in [0.1, 0.15) is 50.0 Å². The Labute approximate surface area is 207 Å². The second-order valence-electron chi connectivity index (χ2n) is 9.19. The van der Waals surface area contributed by atoms with Crippen molar-refractivity contribution >= 4 is 28.5 Å². The van der Waals surface area contributed by atoms with Gasteiger partial charge in [-0.15, -0.1) is 5.10 Å². The number of aromatic nitrogens is 4. The molecule has 10 nitrogen and oxygen atoms in total. The van der Waals surface area contributed by atoms with E-state index in [1.165, 1.54) is 15.0 Å². The highest BCUT2D eigenvalue weighted by molar-refractivity contribution is 5.98. The molecule has 0 spiro atoms. The lowest BCUT2D eigenvalue weighted by molar-refractivity contribution is -0.122. The van der Waals surface area contributed by atoms with Crippen LogP contribution in [0, 0.1) is 0 Å². The first-order valence-electron chi connectivity index (χ1n) is 12.0. The number of nitrogens with zero attached hydrogens (tertiary/aromatic N) is 4. The van der Waals surface area contributed by atoms with Crippen molar-refractivity contribution in [2.24, 2.45) is 0 Å². The quantitative estimate of drug-likeness (QED) is 0.391. The van der Waals surface area contributed by atoms with Crippen LogP contribution in [0.3, 0.4) is 0 Å².